The molecule has 3 heterocycles. The summed E-state index contributed by atoms with van der Waals surface area (Å²) in [6, 6.07) is 18.4. The molecule has 2 aromatic heterocycles. The van der Waals surface area contributed by atoms with Crippen LogP contribution in [0.2, 0.25) is 0 Å². The first-order valence-electron chi connectivity index (χ1n) is 11.9. The number of nitrogens with one attached hydrogen (secondary N) is 1. The monoisotopic (exact) mass is 454 g/mol. The second-order valence-corrected chi connectivity index (χ2v) is 8.81. The van der Waals surface area contributed by atoms with Gasteiger partial charge in [0.15, 0.2) is 0 Å². The predicted molar refractivity (Wildman–Crippen MR) is 134 cm³/mol. The first-order chi connectivity index (χ1) is 16.7. The molecule has 3 N–H and O–H groups in total. The number of aromatic nitrogens is 2. The van der Waals surface area contributed by atoms with Gasteiger partial charge in [0, 0.05) is 23.2 Å². The van der Waals surface area contributed by atoms with Gasteiger partial charge in [-0.3, -0.25) is 0 Å². The third-order valence-corrected chi connectivity index (χ3v) is 6.58. The molecule has 1 fully saturated rings. The molecule has 6 heteroatoms. The van der Waals surface area contributed by atoms with E-state index in [4.69, 9.17) is 24.9 Å². The third kappa shape index (κ3) is 4.88. The van der Waals surface area contributed by atoms with E-state index >= 15 is 0 Å². The molecule has 5 rings (SSSR count). The fourth-order valence-corrected chi connectivity index (χ4v) is 4.49. The van der Waals surface area contributed by atoms with Gasteiger partial charge in [0.05, 0.1) is 24.4 Å². The average Bonchev–Trinajstić information content (AvgIpc) is 3.45. The molecule has 6 nitrogen and oxygen atoms in total. The van der Waals surface area contributed by atoms with E-state index in [1.165, 1.54) is 0 Å². The average molecular weight is 455 g/mol. The third-order valence-electron chi connectivity index (χ3n) is 6.58. The number of ether oxygens (including phenoxy) is 1. The summed E-state index contributed by atoms with van der Waals surface area (Å²) < 4.78 is 11.5. The number of rotatable bonds is 7. The van der Waals surface area contributed by atoms with Crippen molar-refractivity contribution in [3.63, 3.8) is 0 Å². The van der Waals surface area contributed by atoms with Crippen LogP contribution in [0.1, 0.15) is 25.3 Å². The summed E-state index contributed by atoms with van der Waals surface area (Å²) in [5.74, 6) is 1.08. The molecule has 0 radical (unpaired) electrons. The van der Waals surface area contributed by atoms with Gasteiger partial charge in [0.25, 0.3) is 0 Å². The lowest BCUT2D eigenvalue weighted by Gasteiger charge is -2.28. The summed E-state index contributed by atoms with van der Waals surface area (Å²) >= 11 is 0. The maximum Gasteiger partial charge on any atom is 0.233 e. The van der Waals surface area contributed by atoms with Gasteiger partial charge in [-0.1, -0.05) is 48.5 Å². The van der Waals surface area contributed by atoms with Gasteiger partial charge in [-0.25, -0.2) is 9.97 Å². The fourth-order valence-electron chi connectivity index (χ4n) is 4.49. The summed E-state index contributed by atoms with van der Waals surface area (Å²) in [7, 11) is 0. The van der Waals surface area contributed by atoms with E-state index in [0.29, 0.717) is 18.3 Å². The molecule has 1 unspecified atom stereocenters. The summed E-state index contributed by atoms with van der Waals surface area (Å²) in [5, 5.41) is 3.42. The summed E-state index contributed by atoms with van der Waals surface area (Å²) in [6.45, 7) is 4.72. The largest absolute Gasteiger partial charge is 0.473 e. The Morgan fingerprint density at radius 3 is 2.29 bits per heavy atom. The Morgan fingerprint density at radius 2 is 1.62 bits per heavy atom. The Kier molecular flexibility index (Phi) is 6.70. The number of hydrogen-bond acceptors (Lipinski definition) is 6. The molecule has 0 aliphatic carbocycles. The van der Waals surface area contributed by atoms with Crippen LogP contribution in [0.3, 0.4) is 0 Å². The van der Waals surface area contributed by atoms with Crippen molar-refractivity contribution in [1.29, 1.82) is 0 Å². The first kappa shape index (κ1) is 22.3. The predicted octanol–water partition coefficient (Wildman–Crippen LogP) is 5.30. The molecule has 4 aromatic rings. The molecule has 1 atom stereocenters. The van der Waals surface area contributed by atoms with Gasteiger partial charge >= 0.3 is 0 Å². The van der Waals surface area contributed by atoms with E-state index in [1.807, 2.05) is 30.3 Å². The van der Waals surface area contributed by atoms with Crippen molar-refractivity contribution in [3.8, 4) is 39.5 Å². The maximum atomic E-state index is 6.30. The van der Waals surface area contributed by atoms with Crippen molar-refractivity contribution in [3.05, 3.63) is 78.9 Å². The molecule has 2 aromatic carbocycles. The number of furan rings is 1. The second kappa shape index (κ2) is 10.2. The molecule has 0 amide bonds. The first-order valence-corrected chi connectivity index (χ1v) is 11.9. The van der Waals surface area contributed by atoms with Gasteiger partial charge in [-0.15, -0.1) is 0 Å². The zero-order valence-electron chi connectivity index (χ0n) is 19.4. The Balaban J connectivity index is 1.49. The van der Waals surface area contributed by atoms with E-state index < -0.39 is 0 Å². The minimum Gasteiger partial charge on any atom is -0.473 e. The van der Waals surface area contributed by atoms with Gasteiger partial charge in [-0.05, 0) is 56.0 Å². The normalized spacial score (nSPS) is 15.2. The quantitative estimate of drug-likeness (QED) is 0.394. The fraction of sp³-hybridized carbons (Fsp3) is 0.286. The van der Waals surface area contributed by atoms with Crippen molar-refractivity contribution in [1.82, 2.24) is 15.3 Å². The molecule has 0 saturated carbocycles. The number of benzene rings is 2. The Morgan fingerprint density at radius 1 is 0.941 bits per heavy atom. The van der Waals surface area contributed by atoms with Crippen LogP contribution in [-0.4, -0.2) is 29.2 Å². The highest BCUT2D eigenvalue weighted by atomic mass is 16.5. The Labute approximate surface area is 200 Å². The van der Waals surface area contributed by atoms with Crippen molar-refractivity contribution in [2.24, 2.45) is 11.7 Å². The van der Waals surface area contributed by atoms with Crippen LogP contribution in [0.4, 0.5) is 0 Å². The number of hydrogen-bond donors (Lipinski definition) is 2. The van der Waals surface area contributed by atoms with Gasteiger partial charge < -0.3 is 20.2 Å². The molecule has 1 saturated heterocycles. The van der Waals surface area contributed by atoms with Gasteiger partial charge in [0.1, 0.15) is 11.8 Å². The van der Waals surface area contributed by atoms with Crippen molar-refractivity contribution in [2.75, 3.05) is 13.1 Å². The lowest BCUT2D eigenvalue weighted by molar-refractivity contribution is 0.122. The van der Waals surface area contributed by atoms with Crippen molar-refractivity contribution in [2.45, 2.75) is 32.4 Å². The van der Waals surface area contributed by atoms with E-state index in [1.54, 1.807) is 18.7 Å². The zero-order chi connectivity index (χ0) is 23.3. The summed E-state index contributed by atoms with van der Waals surface area (Å²) in [5.41, 5.74) is 12.6. The highest BCUT2D eigenvalue weighted by Crippen LogP contribution is 2.33. The number of nitrogens with zero attached hydrogens (tertiary/aromatic N) is 2. The number of nitrogens with two attached hydrogens (primary N) is 1. The van der Waals surface area contributed by atoms with Crippen molar-refractivity contribution >= 4 is 0 Å². The minimum atomic E-state index is 0.0856. The standard InChI is InChI=1S/C28H30N4O2/c1-19(21-10-13-30-14-11-21)34-26-17-31-27(23-4-2-20(16-29)3-5-23)28(32-26)24-8-6-22(7-9-24)25-12-15-33-18-25/h2-9,12,15,17-19,21,30H,10-11,13-14,16,29H2,1H3. The number of piperidine rings is 1. The molecule has 1 aliphatic heterocycles. The van der Waals surface area contributed by atoms with Crippen LogP contribution in [0.25, 0.3) is 33.6 Å². The maximum absolute atomic E-state index is 6.30. The summed E-state index contributed by atoms with van der Waals surface area (Å²) in [6.07, 6.45) is 7.48. The SMILES string of the molecule is CC(Oc1cnc(-c2ccc(CN)cc2)c(-c2ccc(-c3ccoc3)cc2)n1)C1CCNCC1. The molecule has 174 valence electrons. The lowest BCUT2D eigenvalue weighted by atomic mass is 9.93. The smallest absolute Gasteiger partial charge is 0.233 e. The van der Waals surface area contributed by atoms with Crippen LogP contribution in [0.15, 0.2) is 77.7 Å². The van der Waals surface area contributed by atoms with E-state index in [0.717, 1.165) is 65.1 Å². The van der Waals surface area contributed by atoms with Crippen LogP contribution in [0, 0.1) is 5.92 Å². The van der Waals surface area contributed by atoms with E-state index in [9.17, 15) is 0 Å². The Bertz CT molecular complexity index is 1200. The molecule has 0 bridgehead atoms. The molecule has 34 heavy (non-hydrogen) atoms. The topological polar surface area (TPSA) is 86.2 Å². The zero-order valence-corrected chi connectivity index (χ0v) is 19.4. The van der Waals surface area contributed by atoms with Crippen LogP contribution in [0.5, 0.6) is 5.88 Å². The van der Waals surface area contributed by atoms with Gasteiger partial charge in [-0.2, -0.15) is 0 Å². The second-order valence-electron chi connectivity index (χ2n) is 8.81. The Hall–Kier alpha value is -3.48. The van der Waals surface area contributed by atoms with Crippen LogP contribution >= 0.6 is 0 Å². The van der Waals surface area contributed by atoms with E-state index in [2.05, 4.69) is 36.5 Å². The van der Waals surface area contributed by atoms with Crippen LogP contribution < -0.4 is 15.8 Å². The molecule has 1 aliphatic rings. The van der Waals surface area contributed by atoms with Crippen molar-refractivity contribution < 1.29 is 9.15 Å². The van der Waals surface area contributed by atoms with Crippen LogP contribution in [-0.2, 0) is 6.54 Å². The highest BCUT2D eigenvalue weighted by molar-refractivity contribution is 5.79. The lowest BCUT2D eigenvalue weighted by Crippen LogP contribution is -2.35. The van der Waals surface area contributed by atoms with E-state index in [-0.39, 0.29) is 6.10 Å². The molecular formula is C28H30N4O2. The van der Waals surface area contributed by atoms with Gasteiger partial charge in [0.2, 0.25) is 5.88 Å². The summed E-state index contributed by atoms with van der Waals surface area (Å²) in [4.78, 5) is 9.75. The minimum absolute atomic E-state index is 0.0856. The highest BCUT2D eigenvalue weighted by Gasteiger charge is 2.22. The molecular weight excluding hydrogens is 424 g/mol. The molecule has 0 spiro atoms.